The quantitative estimate of drug-likeness (QED) is 0.858. The Morgan fingerprint density at radius 3 is 2.83 bits per heavy atom. The number of aromatic nitrogens is 1. The first kappa shape index (κ1) is 13.1. The number of rotatable bonds is 4. The zero-order chi connectivity index (χ0) is 13.0. The largest absolute Gasteiger partial charge is 0.393 e. The van der Waals surface area contributed by atoms with Crippen LogP contribution in [0.2, 0.25) is 0 Å². The molecule has 0 unspecified atom stereocenters. The highest BCUT2D eigenvalue weighted by atomic mass is 16.3. The molecule has 1 aromatic heterocycles. The van der Waals surface area contributed by atoms with E-state index in [2.05, 4.69) is 12.2 Å². The summed E-state index contributed by atoms with van der Waals surface area (Å²) >= 11 is 0. The predicted molar refractivity (Wildman–Crippen MR) is 70.5 cm³/mol. The zero-order valence-corrected chi connectivity index (χ0v) is 10.9. The van der Waals surface area contributed by atoms with E-state index in [1.54, 1.807) is 0 Å². The summed E-state index contributed by atoms with van der Waals surface area (Å²) in [5, 5.41) is 12.5. The lowest BCUT2D eigenvalue weighted by atomic mass is 9.93. The maximum absolute atomic E-state index is 12.2. The smallest absolute Gasteiger partial charge is 0.268 e. The van der Waals surface area contributed by atoms with Crippen LogP contribution in [0.15, 0.2) is 18.3 Å². The second-order valence-corrected chi connectivity index (χ2v) is 5.07. The Bertz CT molecular complexity index is 392. The summed E-state index contributed by atoms with van der Waals surface area (Å²) in [5.74, 6) is 0.00911. The molecule has 0 bridgehead atoms. The molecule has 1 aliphatic rings. The van der Waals surface area contributed by atoms with Crippen molar-refractivity contribution in [2.75, 3.05) is 0 Å². The van der Waals surface area contributed by atoms with Crippen molar-refractivity contribution in [2.45, 2.75) is 57.7 Å². The van der Waals surface area contributed by atoms with Crippen LogP contribution < -0.4 is 5.32 Å². The lowest BCUT2D eigenvalue weighted by Gasteiger charge is -2.26. The third-order valence-electron chi connectivity index (χ3n) is 3.56. The summed E-state index contributed by atoms with van der Waals surface area (Å²) in [6, 6.07) is 3.99. The Balaban J connectivity index is 1.93. The molecule has 1 heterocycles. The van der Waals surface area contributed by atoms with Gasteiger partial charge in [0.2, 0.25) is 0 Å². The summed E-state index contributed by atoms with van der Waals surface area (Å²) in [7, 11) is 0. The number of nitrogens with one attached hydrogen (secondary N) is 1. The molecule has 18 heavy (non-hydrogen) atoms. The third-order valence-corrected chi connectivity index (χ3v) is 3.56. The molecule has 0 aliphatic heterocycles. The van der Waals surface area contributed by atoms with Gasteiger partial charge in [0, 0.05) is 18.8 Å². The van der Waals surface area contributed by atoms with E-state index >= 15 is 0 Å². The topological polar surface area (TPSA) is 54.3 Å². The van der Waals surface area contributed by atoms with Crippen LogP contribution in [0.4, 0.5) is 0 Å². The Hall–Kier alpha value is -1.29. The van der Waals surface area contributed by atoms with Crippen LogP contribution >= 0.6 is 0 Å². The molecule has 1 fully saturated rings. The molecular weight excluding hydrogens is 228 g/mol. The van der Waals surface area contributed by atoms with Crippen LogP contribution in [0.25, 0.3) is 0 Å². The molecule has 0 atom stereocenters. The van der Waals surface area contributed by atoms with E-state index in [0.29, 0.717) is 0 Å². The highest BCUT2D eigenvalue weighted by Crippen LogP contribution is 2.18. The number of carbonyl (C=O) groups excluding carboxylic acids is 1. The normalized spacial score (nSPS) is 23.9. The van der Waals surface area contributed by atoms with E-state index in [-0.39, 0.29) is 18.1 Å². The van der Waals surface area contributed by atoms with Crippen LogP contribution in [-0.4, -0.2) is 27.7 Å². The van der Waals surface area contributed by atoms with Crippen molar-refractivity contribution < 1.29 is 9.90 Å². The minimum Gasteiger partial charge on any atom is -0.393 e. The number of carbonyl (C=O) groups is 1. The van der Waals surface area contributed by atoms with E-state index in [1.165, 1.54) is 0 Å². The van der Waals surface area contributed by atoms with Crippen LogP contribution in [0.5, 0.6) is 0 Å². The van der Waals surface area contributed by atoms with Crippen LogP contribution in [0, 0.1) is 0 Å². The van der Waals surface area contributed by atoms with Gasteiger partial charge in [-0.25, -0.2) is 0 Å². The SMILES string of the molecule is CCCn1cccc1C(=O)NC1CCC(O)CC1. The van der Waals surface area contributed by atoms with Gasteiger partial charge >= 0.3 is 0 Å². The minimum absolute atomic E-state index is 0.00911. The molecule has 1 saturated carbocycles. The van der Waals surface area contributed by atoms with Gasteiger partial charge in [0.15, 0.2) is 0 Å². The van der Waals surface area contributed by atoms with Gasteiger partial charge in [-0.05, 0) is 44.2 Å². The third kappa shape index (κ3) is 3.13. The fourth-order valence-electron chi connectivity index (χ4n) is 2.54. The fourth-order valence-corrected chi connectivity index (χ4v) is 2.54. The summed E-state index contributed by atoms with van der Waals surface area (Å²) in [4.78, 5) is 12.2. The Morgan fingerprint density at radius 2 is 2.17 bits per heavy atom. The Morgan fingerprint density at radius 1 is 1.44 bits per heavy atom. The molecule has 100 valence electrons. The first-order valence-electron chi connectivity index (χ1n) is 6.84. The van der Waals surface area contributed by atoms with Crippen LogP contribution in [0.1, 0.15) is 49.5 Å². The molecule has 2 rings (SSSR count). The van der Waals surface area contributed by atoms with Crippen molar-refractivity contribution in [1.29, 1.82) is 0 Å². The number of nitrogens with zero attached hydrogens (tertiary/aromatic N) is 1. The average Bonchev–Trinajstić information content (AvgIpc) is 2.81. The molecule has 1 amide bonds. The molecule has 0 saturated heterocycles. The fraction of sp³-hybridized carbons (Fsp3) is 0.643. The number of hydrogen-bond acceptors (Lipinski definition) is 2. The van der Waals surface area contributed by atoms with Gasteiger partial charge in [-0.2, -0.15) is 0 Å². The van der Waals surface area contributed by atoms with Gasteiger partial charge in [-0.15, -0.1) is 0 Å². The molecule has 4 nitrogen and oxygen atoms in total. The zero-order valence-electron chi connectivity index (χ0n) is 10.9. The lowest BCUT2D eigenvalue weighted by molar-refractivity contribution is 0.0859. The molecular formula is C14H22N2O2. The van der Waals surface area contributed by atoms with Crippen molar-refractivity contribution in [2.24, 2.45) is 0 Å². The maximum atomic E-state index is 12.2. The molecule has 2 N–H and O–H groups in total. The highest BCUT2D eigenvalue weighted by Gasteiger charge is 2.22. The number of amides is 1. The van der Waals surface area contributed by atoms with Crippen LogP contribution in [-0.2, 0) is 6.54 Å². The van der Waals surface area contributed by atoms with E-state index in [9.17, 15) is 9.90 Å². The Kier molecular flexibility index (Phi) is 4.42. The molecule has 1 aliphatic carbocycles. The van der Waals surface area contributed by atoms with Gasteiger partial charge in [0.25, 0.3) is 5.91 Å². The standard InChI is InChI=1S/C14H22N2O2/c1-2-9-16-10-3-4-13(16)14(18)15-11-5-7-12(17)8-6-11/h3-4,10-12,17H,2,5-9H2,1H3,(H,15,18). The van der Waals surface area contributed by atoms with Crippen molar-refractivity contribution in [3.63, 3.8) is 0 Å². The lowest BCUT2D eigenvalue weighted by Crippen LogP contribution is -2.39. The second kappa shape index (κ2) is 6.05. The predicted octanol–water partition coefficient (Wildman–Crippen LogP) is 1.93. The molecule has 4 heteroatoms. The minimum atomic E-state index is -0.179. The Labute approximate surface area is 108 Å². The van der Waals surface area contributed by atoms with Gasteiger partial charge in [0.05, 0.1) is 6.10 Å². The highest BCUT2D eigenvalue weighted by molar-refractivity contribution is 5.92. The molecule has 0 aromatic carbocycles. The second-order valence-electron chi connectivity index (χ2n) is 5.07. The number of aliphatic hydroxyl groups excluding tert-OH is 1. The van der Waals surface area contributed by atoms with Crippen molar-refractivity contribution in [1.82, 2.24) is 9.88 Å². The first-order chi connectivity index (χ1) is 8.70. The first-order valence-corrected chi connectivity index (χ1v) is 6.84. The molecule has 1 aromatic rings. The van der Waals surface area contributed by atoms with E-state index in [4.69, 9.17) is 0 Å². The summed E-state index contributed by atoms with van der Waals surface area (Å²) in [6.07, 6.45) is 6.13. The van der Waals surface area contributed by atoms with Crippen molar-refractivity contribution in [3.05, 3.63) is 24.0 Å². The maximum Gasteiger partial charge on any atom is 0.268 e. The summed E-state index contributed by atoms with van der Waals surface area (Å²) in [5.41, 5.74) is 0.739. The monoisotopic (exact) mass is 250 g/mol. The van der Waals surface area contributed by atoms with Crippen molar-refractivity contribution in [3.8, 4) is 0 Å². The summed E-state index contributed by atoms with van der Waals surface area (Å²) in [6.45, 7) is 2.98. The number of aryl methyl sites for hydroxylation is 1. The van der Waals surface area contributed by atoms with Gasteiger partial charge < -0.3 is 15.0 Å². The van der Waals surface area contributed by atoms with E-state index < -0.39 is 0 Å². The van der Waals surface area contributed by atoms with E-state index in [0.717, 1.165) is 44.3 Å². The van der Waals surface area contributed by atoms with Crippen LogP contribution in [0.3, 0.4) is 0 Å². The average molecular weight is 250 g/mol. The van der Waals surface area contributed by atoms with Gasteiger partial charge in [0.1, 0.15) is 5.69 Å². The number of hydrogen-bond donors (Lipinski definition) is 2. The van der Waals surface area contributed by atoms with E-state index in [1.807, 2.05) is 22.9 Å². The molecule has 0 radical (unpaired) electrons. The number of aliphatic hydroxyl groups is 1. The van der Waals surface area contributed by atoms with Crippen molar-refractivity contribution >= 4 is 5.91 Å². The van der Waals surface area contributed by atoms with Gasteiger partial charge in [-0.1, -0.05) is 6.92 Å². The van der Waals surface area contributed by atoms with Gasteiger partial charge in [-0.3, -0.25) is 4.79 Å². The summed E-state index contributed by atoms with van der Waals surface area (Å²) < 4.78 is 1.99. The molecule has 0 spiro atoms.